The van der Waals surface area contributed by atoms with E-state index >= 15 is 0 Å². The van der Waals surface area contributed by atoms with Gasteiger partial charge >= 0.3 is 0 Å². The summed E-state index contributed by atoms with van der Waals surface area (Å²) in [6.45, 7) is 0. The highest BCUT2D eigenvalue weighted by Crippen LogP contribution is 2.27. The Labute approximate surface area is 117 Å². The van der Waals surface area contributed by atoms with Crippen molar-refractivity contribution in [3.05, 3.63) is 42.0 Å². The first-order chi connectivity index (χ1) is 9.86. The van der Waals surface area contributed by atoms with Gasteiger partial charge in [-0.2, -0.15) is 4.98 Å². The van der Waals surface area contributed by atoms with E-state index in [1.54, 1.807) is 17.7 Å². The molecule has 1 aromatic carbocycles. The molecule has 0 saturated carbocycles. The van der Waals surface area contributed by atoms with E-state index in [-0.39, 0.29) is 0 Å². The van der Waals surface area contributed by atoms with E-state index in [1.807, 2.05) is 40.3 Å². The van der Waals surface area contributed by atoms with Crippen LogP contribution in [0.5, 0.6) is 0 Å². The van der Waals surface area contributed by atoms with Gasteiger partial charge < -0.3 is 0 Å². The van der Waals surface area contributed by atoms with Gasteiger partial charge in [0.25, 0.3) is 0 Å². The number of imidazole rings is 1. The van der Waals surface area contributed by atoms with Crippen LogP contribution in [0.4, 0.5) is 5.95 Å². The first-order valence-electron chi connectivity index (χ1n) is 6.01. The molecule has 0 fully saturated rings. The number of para-hydroxylation sites is 2. The lowest BCUT2D eigenvalue weighted by Gasteiger charge is -2.07. The van der Waals surface area contributed by atoms with Gasteiger partial charge in [0.15, 0.2) is 5.82 Å². The van der Waals surface area contributed by atoms with Gasteiger partial charge in [0, 0.05) is 0 Å². The predicted molar refractivity (Wildman–Crippen MR) is 79.9 cm³/mol. The second-order valence-corrected chi connectivity index (χ2v) is 5.15. The van der Waals surface area contributed by atoms with Crippen molar-refractivity contribution in [2.24, 2.45) is 5.84 Å². The summed E-state index contributed by atoms with van der Waals surface area (Å²) < 4.78 is 1.95. The van der Waals surface area contributed by atoms with Crippen molar-refractivity contribution in [2.75, 3.05) is 5.43 Å². The lowest BCUT2D eigenvalue weighted by atomic mass is 10.3. The molecule has 0 bridgehead atoms. The topological polar surface area (TPSA) is 81.6 Å². The summed E-state index contributed by atoms with van der Waals surface area (Å²) >= 11 is 1.55. The average molecular weight is 282 g/mol. The highest BCUT2D eigenvalue weighted by atomic mass is 32.1. The second-order valence-electron chi connectivity index (χ2n) is 4.26. The van der Waals surface area contributed by atoms with Crippen molar-refractivity contribution in [1.82, 2.24) is 19.5 Å². The van der Waals surface area contributed by atoms with Crippen molar-refractivity contribution < 1.29 is 0 Å². The molecular formula is C13H10N6S. The number of hydrogen-bond acceptors (Lipinski definition) is 6. The Kier molecular flexibility index (Phi) is 2.41. The SMILES string of the molecule is NNc1nc(-n2cnc3ccccc32)c2ccsc2n1. The van der Waals surface area contributed by atoms with Crippen LogP contribution in [0.1, 0.15) is 0 Å². The van der Waals surface area contributed by atoms with Crippen LogP contribution in [0, 0.1) is 0 Å². The Morgan fingerprint density at radius 2 is 2.05 bits per heavy atom. The third kappa shape index (κ3) is 1.57. The Morgan fingerprint density at radius 3 is 2.95 bits per heavy atom. The summed E-state index contributed by atoms with van der Waals surface area (Å²) in [6, 6.07) is 9.93. The molecule has 0 aliphatic heterocycles. The summed E-state index contributed by atoms with van der Waals surface area (Å²) in [6.07, 6.45) is 1.77. The Balaban J connectivity index is 2.08. The standard InChI is InChI=1S/C13H10N6S/c14-18-13-16-11(8-5-6-20-12(8)17-13)19-7-15-9-3-1-2-4-10(9)19/h1-7H,14H2,(H,16,17,18). The highest BCUT2D eigenvalue weighted by molar-refractivity contribution is 7.16. The number of nitrogens with two attached hydrogens (primary N) is 1. The molecule has 20 heavy (non-hydrogen) atoms. The van der Waals surface area contributed by atoms with E-state index in [1.165, 1.54) is 0 Å². The van der Waals surface area contributed by atoms with Gasteiger partial charge in [0.1, 0.15) is 11.2 Å². The Hall–Kier alpha value is -2.51. The van der Waals surface area contributed by atoms with E-state index < -0.39 is 0 Å². The zero-order valence-corrected chi connectivity index (χ0v) is 11.1. The molecule has 0 atom stereocenters. The molecule has 0 saturated heterocycles. The molecule has 3 N–H and O–H groups in total. The van der Waals surface area contributed by atoms with Crippen molar-refractivity contribution in [3.63, 3.8) is 0 Å². The van der Waals surface area contributed by atoms with Crippen LogP contribution < -0.4 is 11.3 Å². The molecule has 4 aromatic rings. The molecule has 6 nitrogen and oxygen atoms in total. The van der Waals surface area contributed by atoms with E-state index in [9.17, 15) is 0 Å². The largest absolute Gasteiger partial charge is 0.292 e. The monoisotopic (exact) mass is 282 g/mol. The minimum absolute atomic E-state index is 0.396. The van der Waals surface area contributed by atoms with Crippen LogP contribution in [0.3, 0.4) is 0 Å². The molecule has 0 radical (unpaired) electrons. The van der Waals surface area contributed by atoms with Gasteiger partial charge in [-0.3, -0.25) is 9.99 Å². The lowest BCUT2D eigenvalue weighted by molar-refractivity contribution is 1.02. The summed E-state index contributed by atoms with van der Waals surface area (Å²) in [7, 11) is 0. The maximum absolute atomic E-state index is 5.45. The molecule has 0 unspecified atom stereocenters. The van der Waals surface area contributed by atoms with Crippen LogP contribution in [0.15, 0.2) is 42.0 Å². The van der Waals surface area contributed by atoms with Crippen molar-refractivity contribution >= 4 is 38.5 Å². The number of fused-ring (bicyclic) bond motifs is 2. The fraction of sp³-hybridized carbons (Fsp3) is 0. The Morgan fingerprint density at radius 1 is 1.15 bits per heavy atom. The lowest BCUT2D eigenvalue weighted by Crippen LogP contribution is -2.12. The van der Waals surface area contributed by atoms with Crippen LogP contribution in [-0.2, 0) is 0 Å². The molecule has 3 heterocycles. The number of thiophene rings is 1. The third-order valence-electron chi connectivity index (χ3n) is 3.12. The summed E-state index contributed by atoms with van der Waals surface area (Å²) in [4.78, 5) is 14.1. The normalized spacial score (nSPS) is 11.2. The number of hydrogen-bond donors (Lipinski definition) is 2. The first-order valence-corrected chi connectivity index (χ1v) is 6.89. The van der Waals surface area contributed by atoms with Crippen molar-refractivity contribution in [3.8, 4) is 5.82 Å². The quantitative estimate of drug-likeness (QED) is 0.435. The zero-order valence-electron chi connectivity index (χ0n) is 10.3. The third-order valence-corrected chi connectivity index (χ3v) is 3.92. The number of benzene rings is 1. The van der Waals surface area contributed by atoms with Gasteiger partial charge in [-0.05, 0) is 23.6 Å². The van der Waals surface area contributed by atoms with E-state index in [0.29, 0.717) is 5.95 Å². The maximum atomic E-state index is 5.45. The molecule has 0 amide bonds. The molecule has 0 aliphatic carbocycles. The van der Waals surface area contributed by atoms with Gasteiger partial charge in [-0.25, -0.2) is 15.8 Å². The second kappa shape index (κ2) is 4.26. The molecule has 0 spiro atoms. The minimum Gasteiger partial charge on any atom is -0.292 e. The van der Waals surface area contributed by atoms with Crippen LogP contribution in [-0.4, -0.2) is 19.5 Å². The summed E-state index contributed by atoms with van der Waals surface area (Å²) in [5.74, 6) is 6.62. The predicted octanol–water partition coefficient (Wildman–Crippen LogP) is 2.32. The number of hydrazine groups is 1. The molecule has 4 rings (SSSR count). The molecule has 7 heteroatoms. The van der Waals surface area contributed by atoms with Gasteiger partial charge in [-0.1, -0.05) is 12.1 Å². The molecule has 0 aliphatic rings. The van der Waals surface area contributed by atoms with E-state index in [0.717, 1.165) is 27.1 Å². The van der Waals surface area contributed by atoms with Gasteiger partial charge in [-0.15, -0.1) is 11.3 Å². The Bertz CT molecular complexity index is 909. The highest BCUT2D eigenvalue weighted by Gasteiger charge is 2.12. The van der Waals surface area contributed by atoms with Crippen molar-refractivity contribution in [2.45, 2.75) is 0 Å². The molecular weight excluding hydrogens is 272 g/mol. The number of nitrogens with one attached hydrogen (secondary N) is 1. The fourth-order valence-corrected chi connectivity index (χ4v) is 2.97. The molecule has 98 valence electrons. The van der Waals surface area contributed by atoms with Gasteiger partial charge in [0.05, 0.1) is 16.4 Å². The smallest absolute Gasteiger partial charge is 0.240 e. The number of anilines is 1. The average Bonchev–Trinajstić information content (AvgIpc) is 3.12. The summed E-state index contributed by atoms with van der Waals surface area (Å²) in [5.41, 5.74) is 4.44. The fourth-order valence-electron chi connectivity index (χ4n) is 2.22. The maximum Gasteiger partial charge on any atom is 0.240 e. The minimum atomic E-state index is 0.396. The number of rotatable bonds is 2. The zero-order chi connectivity index (χ0) is 13.5. The molecule has 3 aromatic heterocycles. The van der Waals surface area contributed by atoms with E-state index in [4.69, 9.17) is 5.84 Å². The first kappa shape index (κ1) is 11.3. The number of aromatic nitrogens is 4. The van der Waals surface area contributed by atoms with Crippen molar-refractivity contribution in [1.29, 1.82) is 0 Å². The number of nitrogens with zero attached hydrogens (tertiary/aromatic N) is 4. The van der Waals surface area contributed by atoms with Crippen LogP contribution >= 0.6 is 11.3 Å². The van der Waals surface area contributed by atoms with E-state index in [2.05, 4.69) is 20.4 Å². The van der Waals surface area contributed by atoms with Crippen LogP contribution in [0.2, 0.25) is 0 Å². The number of nitrogen functional groups attached to an aromatic ring is 1. The van der Waals surface area contributed by atoms with Gasteiger partial charge in [0.2, 0.25) is 5.95 Å². The summed E-state index contributed by atoms with van der Waals surface area (Å²) in [5, 5.41) is 2.97. The van der Waals surface area contributed by atoms with Crippen LogP contribution in [0.25, 0.3) is 27.1 Å².